The second-order valence-electron chi connectivity index (χ2n) is 3.46. The van der Waals surface area contributed by atoms with Gasteiger partial charge in [-0.05, 0) is 17.6 Å². The Kier molecular flexibility index (Phi) is 1.73. The highest BCUT2D eigenvalue weighted by Gasteiger charge is 2.12. The minimum absolute atomic E-state index is 0.915. The average Bonchev–Trinajstić information content (AvgIpc) is 2.83. The molecular formula is C11H10N2OS. The number of methoxy groups -OCH3 is 1. The molecule has 0 saturated carbocycles. The van der Waals surface area contributed by atoms with Crippen molar-refractivity contribution in [2.45, 2.75) is 0 Å². The van der Waals surface area contributed by atoms with Gasteiger partial charge in [-0.25, -0.2) is 0 Å². The van der Waals surface area contributed by atoms with E-state index in [0.29, 0.717) is 0 Å². The molecule has 76 valence electrons. The molecule has 0 fully saturated rings. The summed E-state index contributed by atoms with van der Waals surface area (Å²) in [6, 6.07) is 6.10. The Morgan fingerprint density at radius 1 is 1.33 bits per heavy atom. The van der Waals surface area contributed by atoms with Crippen molar-refractivity contribution in [1.29, 1.82) is 0 Å². The van der Waals surface area contributed by atoms with Gasteiger partial charge < -0.3 is 9.30 Å². The smallest absolute Gasteiger partial charge is 0.143 e. The van der Waals surface area contributed by atoms with E-state index in [1.807, 2.05) is 25.4 Å². The van der Waals surface area contributed by atoms with Gasteiger partial charge in [-0.3, -0.25) is 0 Å². The van der Waals surface area contributed by atoms with Crippen molar-refractivity contribution < 1.29 is 4.74 Å². The van der Waals surface area contributed by atoms with Crippen molar-refractivity contribution in [2.75, 3.05) is 7.11 Å². The number of fused-ring (bicyclic) bond motifs is 3. The molecular weight excluding hydrogens is 208 g/mol. The third-order valence-electron chi connectivity index (χ3n) is 2.70. The minimum Gasteiger partial charge on any atom is -0.495 e. The second kappa shape index (κ2) is 2.97. The first-order valence-electron chi connectivity index (χ1n) is 4.68. The van der Waals surface area contributed by atoms with Crippen molar-refractivity contribution in [2.24, 2.45) is 7.05 Å². The highest BCUT2D eigenvalue weighted by atomic mass is 32.1. The maximum Gasteiger partial charge on any atom is 0.143 e. The Hall–Kier alpha value is -1.55. The molecule has 3 rings (SSSR count). The Labute approximate surface area is 91.1 Å². The van der Waals surface area contributed by atoms with Gasteiger partial charge >= 0.3 is 0 Å². The first-order chi connectivity index (χ1) is 7.33. The molecule has 0 atom stereocenters. The van der Waals surface area contributed by atoms with Crippen LogP contribution in [-0.4, -0.2) is 16.1 Å². The van der Waals surface area contributed by atoms with E-state index in [0.717, 1.165) is 11.3 Å². The number of ether oxygens (including phenoxy) is 1. The average molecular weight is 218 g/mol. The van der Waals surface area contributed by atoms with E-state index in [4.69, 9.17) is 4.74 Å². The maximum absolute atomic E-state index is 5.37. The SMILES string of the molecule is COc1cccc2c3cnsc3n(C)c12. The number of benzene rings is 1. The standard InChI is InChI=1S/C11H10N2OS/c1-13-10-7(4-3-5-9(10)14-2)8-6-12-15-11(8)13/h3-6H,1-2H3. The fourth-order valence-electron chi connectivity index (χ4n) is 2.01. The van der Waals surface area contributed by atoms with Crippen LogP contribution in [0.5, 0.6) is 5.75 Å². The predicted molar refractivity (Wildman–Crippen MR) is 62.6 cm³/mol. The van der Waals surface area contributed by atoms with E-state index in [-0.39, 0.29) is 0 Å². The van der Waals surface area contributed by atoms with E-state index in [1.54, 1.807) is 7.11 Å². The lowest BCUT2D eigenvalue weighted by Gasteiger charge is -2.03. The summed E-state index contributed by atoms with van der Waals surface area (Å²) in [4.78, 5) is 1.19. The molecule has 0 aliphatic carbocycles. The molecule has 0 N–H and O–H groups in total. The van der Waals surface area contributed by atoms with Crippen LogP contribution in [0.3, 0.4) is 0 Å². The minimum atomic E-state index is 0.915. The summed E-state index contributed by atoms with van der Waals surface area (Å²) in [5, 5.41) is 2.41. The Balaban J connectivity index is 2.60. The second-order valence-corrected chi connectivity index (χ2v) is 4.24. The zero-order valence-corrected chi connectivity index (χ0v) is 9.34. The molecule has 0 aliphatic rings. The Morgan fingerprint density at radius 3 is 3.00 bits per heavy atom. The van der Waals surface area contributed by atoms with Crippen LogP contribution in [0.4, 0.5) is 0 Å². The summed E-state index contributed by atoms with van der Waals surface area (Å²) in [5.74, 6) is 0.915. The lowest BCUT2D eigenvalue weighted by molar-refractivity contribution is 0.418. The normalized spacial score (nSPS) is 11.3. The zero-order chi connectivity index (χ0) is 10.4. The summed E-state index contributed by atoms with van der Waals surface area (Å²) in [6.07, 6.45) is 1.92. The molecule has 0 amide bonds. The van der Waals surface area contributed by atoms with Gasteiger partial charge in [0.2, 0.25) is 0 Å². The van der Waals surface area contributed by atoms with Gasteiger partial charge in [0.15, 0.2) is 0 Å². The number of nitrogens with zero attached hydrogens (tertiary/aromatic N) is 2. The van der Waals surface area contributed by atoms with Crippen LogP contribution in [0.15, 0.2) is 24.4 Å². The van der Waals surface area contributed by atoms with Crippen LogP contribution in [0, 0.1) is 0 Å². The number of para-hydroxylation sites is 1. The van der Waals surface area contributed by atoms with Crippen molar-refractivity contribution in [3.8, 4) is 5.75 Å². The van der Waals surface area contributed by atoms with Crippen molar-refractivity contribution in [1.82, 2.24) is 8.94 Å². The lowest BCUT2D eigenvalue weighted by atomic mass is 10.2. The number of aryl methyl sites for hydroxylation is 1. The fraction of sp³-hybridized carbons (Fsp3) is 0.182. The summed E-state index contributed by atoms with van der Waals surface area (Å²) >= 11 is 1.52. The van der Waals surface area contributed by atoms with Crippen LogP contribution < -0.4 is 4.74 Å². The van der Waals surface area contributed by atoms with Crippen LogP contribution in [0.1, 0.15) is 0 Å². The van der Waals surface area contributed by atoms with Crippen LogP contribution in [-0.2, 0) is 7.05 Å². The van der Waals surface area contributed by atoms with E-state index in [1.165, 1.54) is 27.1 Å². The molecule has 0 saturated heterocycles. The number of hydrogen-bond donors (Lipinski definition) is 0. The summed E-state index contributed by atoms with van der Waals surface area (Å²) in [6.45, 7) is 0. The van der Waals surface area contributed by atoms with Gasteiger partial charge in [0, 0.05) is 17.8 Å². The molecule has 4 heteroatoms. The van der Waals surface area contributed by atoms with Gasteiger partial charge in [0.25, 0.3) is 0 Å². The molecule has 2 aromatic heterocycles. The highest BCUT2D eigenvalue weighted by molar-refractivity contribution is 7.13. The monoisotopic (exact) mass is 218 g/mol. The largest absolute Gasteiger partial charge is 0.495 e. The summed E-state index contributed by atoms with van der Waals surface area (Å²) < 4.78 is 11.7. The van der Waals surface area contributed by atoms with Crippen LogP contribution in [0.25, 0.3) is 21.1 Å². The lowest BCUT2D eigenvalue weighted by Crippen LogP contribution is -1.90. The fourth-order valence-corrected chi connectivity index (χ4v) is 2.74. The van der Waals surface area contributed by atoms with Crippen molar-refractivity contribution >= 4 is 32.7 Å². The van der Waals surface area contributed by atoms with E-state index in [9.17, 15) is 0 Å². The summed E-state index contributed by atoms with van der Waals surface area (Å²) in [5.41, 5.74) is 1.14. The number of hydrogen-bond acceptors (Lipinski definition) is 3. The molecule has 0 bridgehead atoms. The van der Waals surface area contributed by atoms with Gasteiger partial charge in [-0.2, -0.15) is 4.37 Å². The zero-order valence-electron chi connectivity index (χ0n) is 8.52. The molecule has 3 nitrogen and oxygen atoms in total. The third kappa shape index (κ3) is 1.02. The number of aromatic nitrogens is 2. The van der Waals surface area contributed by atoms with Crippen LogP contribution >= 0.6 is 11.5 Å². The molecule has 0 aliphatic heterocycles. The Morgan fingerprint density at radius 2 is 2.20 bits per heavy atom. The van der Waals surface area contributed by atoms with E-state index in [2.05, 4.69) is 15.0 Å². The highest BCUT2D eigenvalue weighted by Crippen LogP contribution is 2.35. The first kappa shape index (κ1) is 8.73. The van der Waals surface area contributed by atoms with Crippen molar-refractivity contribution in [3.05, 3.63) is 24.4 Å². The maximum atomic E-state index is 5.37. The van der Waals surface area contributed by atoms with E-state index < -0.39 is 0 Å². The van der Waals surface area contributed by atoms with Crippen molar-refractivity contribution in [3.63, 3.8) is 0 Å². The topological polar surface area (TPSA) is 27.1 Å². The van der Waals surface area contributed by atoms with E-state index >= 15 is 0 Å². The van der Waals surface area contributed by atoms with Gasteiger partial charge in [-0.15, -0.1) is 0 Å². The predicted octanol–water partition coefficient (Wildman–Crippen LogP) is 2.80. The van der Waals surface area contributed by atoms with Crippen LogP contribution in [0.2, 0.25) is 0 Å². The van der Waals surface area contributed by atoms with Gasteiger partial charge in [0.1, 0.15) is 10.6 Å². The third-order valence-corrected chi connectivity index (χ3v) is 3.58. The molecule has 0 radical (unpaired) electrons. The first-order valence-corrected chi connectivity index (χ1v) is 5.46. The van der Waals surface area contributed by atoms with Gasteiger partial charge in [0.05, 0.1) is 18.8 Å². The molecule has 0 spiro atoms. The molecule has 1 aromatic carbocycles. The summed E-state index contributed by atoms with van der Waals surface area (Å²) in [7, 11) is 3.75. The molecule has 15 heavy (non-hydrogen) atoms. The quantitative estimate of drug-likeness (QED) is 0.628. The van der Waals surface area contributed by atoms with Gasteiger partial charge in [-0.1, -0.05) is 12.1 Å². The Bertz CT molecular complexity index is 638. The number of rotatable bonds is 1. The molecule has 3 aromatic rings. The molecule has 2 heterocycles. The molecule has 0 unspecified atom stereocenters.